The van der Waals surface area contributed by atoms with Crippen LogP contribution in [0.15, 0.2) is 42.5 Å². The van der Waals surface area contributed by atoms with E-state index < -0.39 is 29.6 Å². The van der Waals surface area contributed by atoms with Crippen LogP contribution in [0.5, 0.6) is 11.5 Å². The lowest BCUT2D eigenvalue weighted by Gasteiger charge is -2.12. The Morgan fingerprint density at radius 3 is 2.59 bits per heavy atom. The molecule has 2 aromatic rings. The lowest BCUT2D eigenvalue weighted by atomic mass is 10.2. The molecule has 1 aliphatic heterocycles. The zero-order valence-electron chi connectivity index (χ0n) is 15.6. The fraction of sp³-hybridized carbons (Fsp3) is 0.238. The number of amides is 1. The summed E-state index contributed by atoms with van der Waals surface area (Å²) in [5, 5.41) is 2.35. The predicted molar refractivity (Wildman–Crippen MR) is 102 cm³/mol. The van der Waals surface area contributed by atoms with Crippen LogP contribution in [0.1, 0.15) is 18.9 Å². The highest BCUT2D eigenvalue weighted by molar-refractivity contribution is 5.96. The van der Waals surface area contributed by atoms with E-state index in [9.17, 15) is 18.4 Å². The second-order valence-electron chi connectivity index (χ2n) is 6.29. The number of carbonyl (C=O) groups excluding carboxylic acids is 2. The topological polar surface area (TPSA) is 73.9 Å². The van der Waals surface area contributed by atoms with Gasteiger partial charge in [0.05, 0.1) is 13.2 Å². The number of fused-ring (bicyclic) bond motifs is 1. The molecule has 0 aliphatic carbocycles. The van der Waals surface area contributed by atoms with E-state index in [1.54, 1.807) is 18.2 Å². The maximum Gasteiger partial charge on any atom is 0.331 e. The van der Waals surface area contributed by atoms with Crippen molar-refractivity contribution < 1.29 is 32.6 Å². The summed E-state index contributed by atoms with van der Waals surface area (Å²) in [5.74, 6) is -2.28. The van der Waals surface area contributed by atoms with Crippen LogP contribution < -0.4 is 14.8 Å². The van der Waals surface area contributed by atoms with Gasteiger partial charge in [0, 0.05) is 24.3 Å². The van der Waals surface area contributed by atoms with Crippen LogP contribution in [0.4, 0.5) is 14.5 Å². The zero-order chi connectivity index (χ0) is 20.8. The summed E-state index contributed by atoms with van der Waals surface area (Å²) in [4.78, 5) is 24.0. The summed E-state index contributed by atoms with van der Waals surface area (Å²) in [7, 11) is 0. The molecular formula is C21H19F2NO5. The second kappa shape index (κ2) is 9.18. The number of anilines is 1. The third-order valence-corrected chi connectivity index (χ3v) is 4.03. The highest BCUT2D eigenvalue weighted by atomic mass is 19.2. The first-order chi connectivity index (χ1) is 13.9. The van der Waals surface area contributed by atoms with Crippen molar-refractivity contribution >= 4 is 23.6 Å². The quantitative estimate of drug-likeness (QED) is 0.609. The number of hydrogen-bond acceptors (Lipinski definition) is 5. The summed E-state index contributed by atoms with van der Waals surface area (Å²) in [6, 6.07) is 8.18. The van der Waals surface area contributed by atoms with Gasteiger partial charge in [-0.15, -0.1) is 0 Å². The van der Waals surface area contributed by atoms with E-state index in [0.717, 1.165) is 18.6 Å². The highest BCUT2D eigenvalue weighted by Crippen LogP contribution is 2.30. The van der Waals surface area contributed by atoms with Crippen molar-refractivity contribution in [3.05, 3.63) is 59.7 Å². The van der Waals surface area contributed by atoms with Crippen molar-refractivity contribution in [3.63, 3.8) is 0 Å². The van der Waals surface area contributed by atoms with Crippen LogP contribution in [-0.2, 0) is 14.3 Å². The van der Waals surface area contributed by atoms with Crippen molar-refractivity contribution in [3.8, 4) is 11.5 Å². The third-order valence-electron chi connectivity index (χ3n) is 4.03. The maximum atomic E-state index is 13.2. The molecule has 152 valence electrons. The molecule has 1 heterocycles. The molecule has 2 aromatic carbocycles. The zero-order valence-corrected chi connectivity index (χ0v) is 15.6. The van der Waals surface area contributed by atoms with E-state index in [1.807, 2.05) is 0 Å². The molecule has 0 spiro atoms. The Kier molecular flexibility index (Phi) is 6.43. The highest BCUT2D eigenvalue weighted by Gasteiger charge is 2.17. The van der Waals surface area contributed by atoms with Crippen LogP contribution in [0, 0.1) is 11.6 Å². The fourth-order valence-corrected chi connectivity index (χ4v) is 2.53. The fourth-order valence-electron chi connectivity index (χ4n) is 2.53. The number of esters is 1. The molecule has 0 bridgehead atoms. The van der Waals surface area contributed by atoms with Crippen LogP contribution >= 0.6 is 0 Å². The molecule has 3 rings (SSSR count). The largest absolute Gasteiger partial charge is 0.490 e. The van der Waals surface area contributed by atoms with Crippen molar-refractivity contribution in [2.75, 3.05) is 18.5 Å². The van der Waals surface area contributed by atoms with E-state index in [-0.39, 0.29) is 5.69 Å². The van der Waals surface area contributed by atoms with E-state index in [2.05, 4.69) is 5.32 Å². The molecule has 1 N–H and O–H groups in total. The van der Waals surface area contributed by atoms with Gasteiger partial charge in [-0.3, -0.25) is 4.79 Å². The second-order valence-corrected chi connectivity index (χ2v) is 6.29. The van der Waals surface area contributed by atoms with Crippen LogP contribution in [0.25, 0.3) is 6.08 Å². The lowest BCUT2D eigenvalue weighted by molar-refractivity contribution is -0.148. The van der Waals surface area contributed by atoms with E-state index in [4.69, 9.17) is 14.2 Å². The molecule has 1 atom stereocenters. The van der Waals surface area contributed by atoms with Gasteiger partial charge in [0.15, 0.2) is 29.2 Å². The average molecular weight is 403 g/mol. The van der Waals surface area contributed by atoms with Gasteiger partial charge in [-0.05, 0) is 42.8 Å². The predicted octanol–water partition coefficient (Wildman–Crippen LogP) is 3.71. The summed E-state index contributed by atoms with van der Waals surface area (Å²) in [6.07, 6.45) is 2.36. The molecule has 0 aromatic heterocycles. The summed E-state index contributed by atoms with van der Waals surface area (Å²) >= 11 is 0. The Labute approximate surface area is 166 Å². The first kappa shape index (κ1) is 20.3. The van der Waals surface area contributed by atoms with Gasteiger partial charge in [-0.2, -0.15) is 0 Å². The van der Waals surface area contributed by atoms with Gasteiger partial charge in [0.1, 0.15) is 0 Å². The Hall–Kier alpha value is -3.42. The Morgan fingerprint density at radius 2 is 1.83 bits per heavy atom. The molecule has 8 heteroatoms. The van der Waals surface area contributed by atoms with Gasteiger partial charge in [-0.1, -0.05) is 6.07 Å². The molecule has 0 saturated heterocycles. The van der Waals surface area contributed by atoms with Crippen molar-refractivity contribution in [1.82, 2.24) is 0 Å². The number of halogens is 2. The normalized spacial score (nSPS) is 14.2. The molecule has 6 nitrogen and oxygen atoms in total. The molecule has 0 fully saturated rings. The smallest absolute Gasteiger partial charge is 0.331 e. The summed E-state index contributed by atoms with van der Waals surface area (Å²) < 4.78 is 42.3. The number of rotatable bonds is 5. The summed E-state index contributed by atoms with van der Waals surface area (Å²) in [6.45, 7) is 2.50. The number of carbonyl (C=O) groups is 2. The lowest BCUT2D eigenvalue weighted by Crippen LogP contribution is -2.29. The summed E-state index contributed by atoms with van der Waals surface area (Å²) in [5.41, 5.74) is 0.754. The molecule has 0 radical (unpaired) electrons. The monoisotopic (exact) mass is 403 g/mol. The van der Waals surface area contributed by atoms with Crippen LogP contribution in [0.2, 0.25) is 0 Å². The Bertz CT molecular complexity index is 945. The van der Waals surface area contributed by atoms with Crippen LogP contribution in [-0.4, -0.2) is 31.2 Å². The standard InChI is InChI=1S/C21H19F2NO5/c1-13(21(26)24-15-5-6-16(22)17(23)12-15)29-20(25)8-4-14-3-7-18-19(11-14)28-10-2-9-27-18/h3-8,11-13H,2,9-10H2,1H3,(H,24,26)/b8-4+/t13-/m0/s1. The van der Waals surface area contributed by atoms with Gasteiger partial charge in [0.2, 0.25) is 0 Å². The van der Waals surface area contributed by atoms with Crippen molar-refractivity contribution in [1.29, 1.82) is 0 Å². The van der Waals surface area contributed by atoms with E-state index in [0.29, 0.717) is 30.3 Å². The molecule has 1 amide bonds. The van der Waals surface area contributed by atoms with Gasteiger partial charge in [0.25, 0.3) is 5.91 Å². The minimum atomic E-state index is -1.14. The first-order valence-corrected chi connectivity index (χ1v) is 8.96. The molecule has 29 heavy (non-hydrogen) atoms. The first-order valence-electron chi connectivity index (χ1n) is 8.96. The minimum Gasteiger partial charge on any atom is -0.490 e. The van der Waals surface area contributed by atoms with E-state index in [1.165, 1.54) is 25.1 Å². The van der Waals surface area contributed by atoms with Crippen molar-refractivity contribution in [2.24, 2.45) is 0 Å². The van der Waals surface area contributed by atoms with Gasteiger partial charge in [-0.25, -0.2) is 13.6 Å². The average Bonchev–Trinajstić information content (AvgIpc) is 2.94. The molecular weight excluding hydrogens is 384 g/mol. The number of ether oxygens (including phenoxy) is 3. The Balaban J connectivity index is 1.56. The van der Waals surface area contributed by atoms with Gasteiger partial charge >= 0.3 is 5.97 Å². The third kappa shape index (κ3) is 5.54. The number of nitrogens with one attached hydrogen (secondary N) is 1. The van der Waals surface area contributed by atoms with E-state index >= 15 is 0 Å². The van der Waals surface area contributed by atoms with Crippen molar-refractivity contribution in [2.45, 2.75) is 19.4 Å². The van der Waals surface area contributed by atoms with Crippen LogP contribution in [0.3, 0.4) is 0 Å². The Morgan fingerprint density at radius 1 is 1.07 bits per heavy atom. The maximum absolute atomic E-state index is 13.2. The number of benzene rings is 2. The minimum absolute atomic E-state index is 0.0551. The SMILES string of the molecule is C[C@H](OC(=O)/C=C/c1ccc2c(c1)OCCCO2)C(=O)Nc1ccc(F)c(F)c1. The van der Waals surface area contributed by atoms with Gasteiger partial charge < -0.3 is 19.5 Å². The molecule has 0 saturated carbocycles. The molecule has 1 aliphatic rings. The molecule has 0 unspecified atom stereocenters. The number of hydrogen-bond donors (Lipinski definition) is 1.